The predicted molar refractivity (Wildman–Crippen MR) is 73.9 cm³/mol. The number of rotatable bonds is 5. The minimum absolute atomic E-state index is 0.104. The third-order valence-corrected chi connectivity index (χ3v) is 4.22. The highest BCUT2D eigenvalue weighted by Crippen LogP contribution is 2.36. The third-order valence-electron chi connectivity index (χ3n) is 4.22. The van der Waals surface area contributed by atoms with Crippen LogP contribution in [0, 0.1) is 11.6 Å². The maximum absolute atomic E-state index is 14.2. The van der Waals surface area contributed by atoms with Gasteiger partial charge in [-0.15, -0.1) is 0 Å². The molecule has 2 nitrogen and oxygen atoms in total. The number of hydrogen-bond acceptors (Lipinski definition) is 2. The zero-order valence-corrected chi connectivity index (χ0v) is 12.1. The second-order valence-corrected chi connectivity index (χ2v) is 5.39. The smallest absolute Gasteiger partial charge is 0.162 e. The second-order valence-electron chi connectivity index (χ2n) is 5.39. The van der Waals surface area contributed by atoms with E-state index in [1.54, 1.807) is 26.4 Å². The van der Waals surface area contributed by atoms with E-state index in [0.717, 1.165) is 25.7 Å². The van der Waals surface area contributed by atoms with Crippen molar-refractivity contribution in [1.29, 1.82) is 0 Å². The Morgan fingerprint density at radius 3 is 2.35 bits per heavy atom. The van der Waals surface area contributed by atoms with Crippen molar-refractivity contribution in [2.75, 3.05) is 20.8 Å². The molecule has 4 heteroatoms. The molecule has 0 bridgehead atoms. The number of ether oxygens (including phenoxy) is 2. The number of benzene rings is 1. The molecule has 1 fully saturated rings. The van der Waals surface area contributed by atoms with Crippen molar-refractivity contribution in [1.82, 2.24) is 0 Å². The predicted octanol–water partition coefficient (Wildman–Crippen LogP) is 3.83. The first-order valence-corrected chi connectivity index (χ1v) is 7.15. The summed E-state index contributed by atoms with van der Waals surface area (Å²) in [6.07, 6.45) is 4.19. The number of methoxy groups -OCH3 is 2. The van der Waals surface area contributed by atoms with Crippen LogP contribution in [0.25, 0.3) is 0 Å². The van der Waals surface area contributed by atoms with Crippen LogP contribution in [0.5, 0.6) is 0 Å². The third kappa shape index (κ3) is 3.36. The molecule has 0 N–H and O–H groups in total. The molecule has 0 saturated heterocycles. The summed E-state index contributed by atoms with van der Waals surface area (Å²) in [6, 6.07) is 3.43. The largest absolute Gasteiger partial charge is 0.384 e. The van der Waals surface area contributed by atoms with Gasteiger partial charge in [-0.1, -0.05) is 12.1 Å². The highest BCUT2D eigenvalue weighted by molar-refractivity contribution is 5.29. The van der Waals surface area contributed by atoms with Crippen molar-refractivity contribution in [2.24, 2.45) is 0 Å². The summed E-state index contributed by atoms with van der Waals surface area (Å²) in [5, 5.41) is 0. The fourth-order valence-electron chi connectivity index (χ4n) is 2.93. The van der Waals surface area contributed by atoms with Crippen LogP contribution in [0.2, 0.25) is 0 Å². The molecular formula is C16H22F2O2. The Balaban J connectivity index is 2.11. The molecule has 1 aromatic carbocycles. The van der Waals surface area contributed by atoms with Crippen molar-refractivity contribution in [3.8, 4) is 0 Å². The van der Waals surface area contributed by atoms with Crippen LogP contribution in [-0.4, -0.2) is 26.9 Å². The Labute approximate surface area is 119 Å². The van der Waals surface area contributed by atoms with Gasteiger partial charge in [0.25, 0.3) is 0 Å². The zero-order valence-electron chi connectivity index (χ0n) is 12.1. The topological polar surface area (TPSA) is 18.5 Å². The first-order chi connectivity index (χ1) is 9.67. The van der Waals surface area contributed by atoms with Gasteiger partial charge in [0.1, 0.15) is 0 Å². The summed E-state index contributed by atoms with van der Waals surface area (Å²) in [6.45, 7) is 0.397. The van der Waals surface area contributed by atoms with E-state index in [4.69, 9.17) is 9.47 Å². The molecule has 0 aromatic heterocycles. The van der Waals surface area contributed by atoms with Crippen molar-refractivity contribution in [3.63, 3.8) is 0 Å². The van der Waals surface area contributed by atoms with Crippen LogP contribution < -0.4 is 0 Å². The van der Waals surface area contributed by atoms with Crippen molar-refractivity contribution < 1.29 is 18.3 Å². The van der Waals surface area contributed by atoms with Gasteiger partial charge in [0.05, 0.1) is 12.7 Å². The van der Waals surface area contributed by atoms with Gasteiger partial charge in [-0.25, -0.2) is 8.78 Å². The van der Waals surface area contributed by atoms with Gasteiger partial charge < -0.3 is 9.47 Å². The average molecular weight is 284 g/mol. The SMILES string of the molecule is COCCc1ccc(C2CCC(OC)CC2)c(F)c1F. The summed E-state index contributed by atoms with van der Waals surface area (Å²) in [5.41, 5.74) is 0.900. The normalized spacial score (nSPS) is 23.0. The molecule has 2 rings (SSSR count). The lowest BCUT2D eigenvalue weighted by molar-refractivity contribution is 0.0655. The van der Waals surface area contributed by atoms with Gasteiger partial charge in [-0.3, -0.25) is 0 Å². The molecule has 0 radical (unpaired) electrons. The lowest BCUT2D eigenvalue weighted by Crippen LogP contribution is -2.20. The van der Waals surface area contributed by atoms with Crippen LogP contribution >= 0.6 is 0 Å². The van der Waals surface area contributed by atoms with Crippen LogP contribution in [-0.2, 0) is 15.9 Å². The number of hydrogen-bond donors (Lipinski definition) is 0. The van der Waals surface area contributed by atoms with E-state index < -0.39 is 11.6 Å². The van der Waals surface area contributed by atoms with Crippen LogP contribution in [0.4, 0.5) is 8.78 Å². The second kappa shape index (κ2) is 7.14. The molecule has 0 amide bonds. The van der Waals surface area contributed by atoms with Crippen molar-refractivity contribution in [3.05, 3.63) is 34.9 Å². The molecular weight excluding hydrogens is 262 g/mol. The molecule has 0 spiro atoms. The Hall–Kier alpha value is -1.00. The Morgan fingerprint density at radius 2 is 1.75 bits per heavy atom. The van der Waals surface area contributed by atoms with E-state index in [9.17, 15) is 8.78 Å². The Kier molecular flexibility index (Phi) is 5.49. The van der Waals surface area contributed by atoms with E-state index in [1.807, 2.05) is 0 Å². The van der Waals surface area contributed by atoms with Gasteiger partial charge in [-0.2, -0.15) is 0 Å². The lowest BCUT2D eigenvalue weighted by Gasteiger charge is -2.28. The summed E-state index contributed by atoms with van der Waals surface area (Å²) < 4.78 is 38.5. The minimum Gasteiger partial charge on any atom is -0.384 e. The van der Waals surface area contributed by atoms with Crippen molar-refractivity contribution >= 4 is 0 Å². The zero-order chi connectivity index (χ0) is 14.5. The van der Waals surface area contributed by atoms with Gasteiger partial charge in [-0.05, 0) is 49.1 Å². The average Bonchev–Trinajstić information content (AvgIpc) is 2.49. The van der Waals surface area contributed by atoms with Crippen LogP contribution in [0.1, 0.15) is 42.7 Å². The Morgan fingerprint density at radius 1 is 1.05 bits per heavy atom. The van der Waals surface area contributed by atoms with Gasteiger partial charge in [0, 0.05) is 14.2 Å². The highest BCUT2D eigenvalue weighted by atomic mass is 19.2. The fourth-order valence-corrected chi connectivity index (χ4v) is 2.93. The lowest BCUT2D eigenvalue weighted by atomic mass is 9.82. The van der Waals surface area contributed by atoms with Crippen molar-refractivity contribution in [2.45, 2.75) is 44.1 Å². The fraction of sp³-hybridized carbons (Fsp3) is 0.625. The van der Waals surface area contributed by atoms with Gasteiger partial charge in [0.15, 0.2) is 11.6 Å². The molecule has 20 heavy (non-hydrogen) atoms. The molecule has 1 saturated carbocycles. The minimum atomic E-state index is -0.714. The van der Waals surface area contributed by atoms with Gasteiger partial charge in [0.2, 0.25) is 0 Å². The molecule has 1 aliphatic rings. The molecule has 112 valence electrons. The van der Waals surface area contributed by atoms with Crippen LogP contribution in [0.3, 0.4) is 0 Å². The van der Waals surface area contributed by atoms with Crippen LogP contribution in [0.15, 0.2) is 12.1 Å². The molecule has 1 aliphatic carbocycles. The van der Waals surface area contributed by atoms with E-state index >= 15 is 0 Å². The van der Waals surface area contributed by atoms with E-state index in [2.05, 4.69) is 0 Å². The maximum atomic E-state index is 14.2. The maximum Gasteiger partial charge on any atom is 0.162 e. The summed E-state index contributed by atoms with van der Waals surface area (Å²) in [5.74, 6) is -1.29. The summed E-state index contributed by atoms with van der Waals surface area (Å²) in [7, 11) is 3.26. The molecule has 0 unspecified atom stereocenters. The Bertz CT molecular complexity index is 440. The first-order valence-electron chi connectivity index (χ1n) is 7.15. The molecule has 1 aromatic rings. The highest BCUT2D eigenvalue weighted by Gasteiger charge is 2.26. The van der Waals surface area contributed by atoms with E-state index in [1.165, 1.54) is 0 Å². The standard InChI is InChI=1S/C16H22F2O2/c1-19-10-9-12-5-8-14(16(18)15(12)17)11-3-6-13(20-2)7-4-11/h5,8,11,13H,3-4,6-7,9-10H2,1-2H3. The monoisotopic (exact) mass is 284 g/mol. The van der Waals surface area contributed by atoms with E-state index in [0.29, 0.717) is 24.2 Å². The molecule has 0 heterocycles. The van der Waals surface area contributed by atoms with Gasteiger partial charge >= 0.3 is 0 Å². The molecule has 0 atom stereocenters. The van der Waals surface area contributed by atoms with E-state index in [-0.39, 0.29) is 12.0 Å². The summed E-state index contributed by atoms with van der Waals surface area (Å²) >= 11 is 0. The molecule has 0 aliphatic heterocycles. The number of halogens is 2. The quantitative estimate of drug-likeness (QED) is 0.818. The summed E-state index contributed by atoms with van der Waals surface area (Å²) in [4.78, 5) is 0. The first kappa shape index (κ1) is 15.4.